The second kappa shape index (κ2) is 8.23. The zero-order chi connectivity index (χ0) is 20.8. The molecule has 3 heterocycles. The molecule has 0 saturated carbocycles. The first-order valence-electron chi connectivity index (χ1n) is 8.39. The molecule has 1 atom stereocenters. The van der Waals surface area contributed by atoms with Crippen LogP contribution in [0.4, 0.5) is 10.1 Å². The highest BCUT2D eigenvalue weighted by atomic mass is 127. The largest absolute Gasteiger partial charge is 0.308 e. The van der Waals surface area contributed by atoms with Gasteiger partial charge in [0, 0.05) is 19.9 Å². The van der Waals surface area contributed by atoms with Crippen molar-refractivity contribution in [1.82, 2.24) is 3.82 Å². The van der Waals surface area contributed by atoms with E-state index >= 15 is 0 Å². The van der Waals surface area contributed by atoms with E-state index in [1.807, 2.05) is 40.1 Å². The molecule has 0 spiro atoms. The van der Waals surface area contributed by atoms with Gasteiger partial charge in [0.1, 0.15) is 16.1 Å². The number of carbonyl (C=O) groups excluding carboxylic acids is 1. The van der Waals surface area contributed by atoms with Gasteiger partial charge in [0.05, 0.1) is 5.69 Å². The molecule has 0 aliphatic carbocycles. The minimum atomic E-state index is -4.07. The van der Waals surface area contributed by atoms with Gasteiger partial charge in [-0.15, -0.1) is 22.7 Å². The number of hydrogen-bond acceptors (Lipinski definition) is 5. The third-order valence-corrected chi connectivity index (χ3v) is 10.1. The summed E-state index contributed by atoms with van der Waals surface area (Å²) in [6.07, 6.45) is 0.177. The first-order chi connectivity index (χ1) is 13.8. The monoisotopic (exact) mass is 582 g/mol. The topological polar surface area (TPSA) is 57.7 Å². The summed E-state index contributed by atoms with van der Waals surface area (Å²) < 4.78 is 41.6. The molecule has 1 saturated heterocycles. The van der Waals surface area contributed by atoms with Crippen molar-refractivity contribution in [2.24, 2.45) is 0 Å². The van der Waals surface area contributed by atoms with E-state index in [9.17, 15) is 17.6 Å². The van der Waals surface area contributed by atoms with E-state index in [0.29, 0.717) is 7.39 Å². The average Bonchev–Trinajstić information content (AvgIpc) is 3.42. The summed E-state index contributed by atoms with van der Waals surface area (Å²) in [4.78, 5) is 15.8. The predicted molar refractivity (Wildman–Crippen MR) is 122 cm³/mol. The van der Waals surface area contributed by atoms with E-state index in [1.165, 1.54) is 34.4 Å². The molecule has 29 heavy (non-hydrogen) atoms. The zero-order valence-corrected chi connectivity index (χ0v) is 20.0. The lowest BCUT2D eigenvalue weighted by atomic mass is 10.2. The smallest absolute Gasteiger partial charge is 0.266 e. The summed E-state index contributed by atoms with van der Waals surface area (Å²) in [5.74, 6) is -1.08. The van der Waals surface area contributed by atoms with Crippen LogP contribution in [0.25, 0.3) is 9.75 Å². The van der Waals surface area contributed by atoms with Gasteiger partial charge in [-0.1, -0.05) is 9.89 Å². The molecule has 1 aliphatic rings. The van der Waals surface area contributed by atoms with Crippen molar-refractivity contribution < 1.29 is 17.6 Å². The Labute approximate surface area is 194 Å². The molecule has 152 valence electrons. The molecule has 0 bridgehead atoms. The number of rotatable bonds is 5. The third kappa shape index (κ3) is 3.98. The summed E-state index contributed by atoms with van der Waals surface area (Å²) in [6, 6.07) is 10.4. The number of carbonyl (C=O) groups is 1. The fourth-order valence-corrected chi connectivity index (χ4v) is 7.48. The Kier molecular flexibility index (Phi) is 6.02. The molecule has 4 rings (SSSR count). The minimum Gasteiger partial charge on any atom is -0.308 e. The first-order valence-corrected chi connectivity index (χ1v) is 12.9. The molecule has 0 N–H and O–H groups in total. The molecular weight excluding hydrogens is 570 g/mol. The van der Waals surface area contributed by atoms with Crippen LogP contribution in [-0.2, 0) is 14.8 Å². The lowest BCUT2D eigenvalue weighted by molar-refractivity contribution is -0.119. The Morgan fingerprint density at radius 2 is 2.00 bits per heavy atom. The SMILES string of the molecule is O=C1[C@@H](N(Cl)S(=O)(=O)c2ccc(-c3cccs3)s2)CCN1c1ccc(I)cc1F. The van der Waals surface area contributed by atoms with E-state index in [-0.39, 0.29) is 22.9 Å². The van der Waals surface area contributed by atoms with Crippen molar-refractivity contribution in [3.05, 3.63) is 57.2 Å². The van der Waals surface area contributed by atoms with Crippen LogP contribution >= 0.6 is 57.0 Å². The highest BCUT2D eigenvalue weighted by molar-refractivity contribution is 14.1. The number of amides is 1. The number of sulfonamides is 1. The standard InChI is InChI=1S/C18H13ClFIN2O3S3/c19-23(29(25,26)17-6-5-16(28-17)15-2-1-9-27-15)14-7-8-22(18(14)24)13-4-3-11(21)10-12(13)20/h1-6,9-10,14H,7-8H2/t14-/m0/s1. The van der Waals surface area contributed by atoms with E-state index in [4.69, 9.17) is 11.8 Å². The number of nitrogens with zero attached hydrogens (tertiary/aromatic N) is 2. The molecule has 2 aromatic heterocycles. The molecule has 3 aromatic rings. The van der Waals surface area contributed by atoms with Crippen LogP contribution in [0.2, 0.25) is 0 Å². The molecule has 1 amide bonds. The van der Waals surface area contributed by atoms with Crippen LogP contribution < -0.4 is 4.90 Å². The summed E-state index contributed by atoms with van der Waals surface area (Å²) in [5, 5.41) is 1.91. The van der Waals surface area contributed by atoms with Gasteiger partial charge in [-0.05, 0) is 82.6 Å². The van der Waals surface area contributed by atoms with Crippen LogP contribution in [0.5, 0.6) is 0 Å². The predicted octanol–water partition coefficient (Wildman–Crippen LogP) is 5.17. The van der Waals surface area contributed by atoms with Gasteiger partial charge in [0.15, 0.2) is 0 Å². The van der Waals surface area contributed by atoms with Crippen molar-refractivity contribution in [3.8, 4) is 9.75 Å². The third-order valence-electron chi connectivity index (χ3n) is 4.45. The zero-order valence-electron chi connectivity index (χ0n) is 14.6. The van der Waals surface area contributed by atoms with Gasteiger partial charge in [-0.25, -0.2) is 12.8 Å². The van der Waals surface area contributed by atoms with Crippen molar-refractivity contribution in [2.45, 2.75) is 16.7 Å². The Hall–Kier alpha value is -1.05. The summed E-state index contributed by atoms with van der Waals surface area (Å²) in [6.45, 7) is 0.185. The van der Waals surface area contributed by atoms with E-state index in [1.54, 1.807) is 12.1 Å². The molecule has 0 unspecified atom stereocenters. The van der Waals surface area contributed by atoms with Crippen molar-refractivity contribution in [2.75, 3.05) is 11.4 Å². The molecule has 11 heteroatoms. The first kappa shape index (κ1) is 21.2. The van der Waals surface area contributed by atoms with Gasteiger partial charge in [-0.2, -0.15) is 0 Å². The van der Waals surface area contributed by atoms with Crippen LogP contribution in [-0.4, -0.2) is 30.7 Å². The number of hydrogen-bond donors (Lipinski definition) is 0. The fraction of sp³-hybridized carbons (Fsp3) is 0.167. The average molecular weight is 583 g/mol. The lowest BCUT2D eigenvalue weighted by Crippen LogP contribution is -2.40. The number of thiophene rings is 2. The van der Waals surface area contributed by atoms with E-state index in [2.05, 4.69) is 0 Å². The maximum Gasteiger partial charge on any atom is 0.266 e. The number of anilines is 1. The maximum atomic E-state index is 14.3. The normalized spacial score (nSPS) is 17.4. The second-order valence-corrected chi connectivity index (χ2v) is 12.1. The van der Waals surface area contributed by atoms with Gasteiger partial charge >= 0.3 is 0 Å². The summed E-state index contributed by atoms with van der Waals surface area (Å²) >= 11 is 10.8. The van der Waals surface area contributed by atoms with Crippen molar-refractivity contribution in [1.29, 1.82) is 0 Å². The Bertz CT molecular complexity index is 1170. The van der Waals surface area contributed by atoms with Gasteiger partial charge in [-0.3, -0.25) is 4.79 Å². The molecular formula is C18H13ClFIN2O3S3. The van der Waals surface area contributed by atoms with Crippen LogP contribution in [0.15, 0.2) is 52.1 Å². The quantitative estimate of drug-likeness (QED) is 0.308. The van der Waals surface area contributed by atoms with Crippen LogP contribution in [0.1, 0.15) is 6.42 Å². The number of benzene rings is 1. The number of halogens is 3. The summed E-state index contributed by atoms with van der Waals surface area (Å²) in [7, 11) is -4.07. The fourth-order valence-electron chi connectivity index (χ4n) is 3.06. The molecule has 0 radical (unpaired) electrons. The van der Waals surface area contributed by atoms with E-state index in [0.717, 1.165) is 21.1 Å². The van der Waals surface area contributed by atoms with E-state index < -0.39 is 27.8 Å². The molecule has 1 aromatic carbocycles. The Morgan fingerprint density at radius 3 is 2.69 bits per heavy atom. The van der Waals surface area contributed by atoms with Gasteiger partial charge in [0.2, 0.25) is 5.91 Å². The van der Waals surface area contributed by atoms with Crippen molar-refractivity contribution in [3.63, 3.8) is 0 Å². The highest BCUT2D eigenvalue weighted by Gasteiger charge is 2.43. The molecule has 1 aliphatic heterocycles. The second-order valence-electron chi connectivity index (χ2n) is 6.23. The Morgan fingerprint density at radius 1 is 1.21 bits per heavy atom. The van der Waals surface area contributed by atoms with Crippen LogP contribution in [0, 0.1) is 9.39 Å². The van der Waals surface area contributed by atoms with Crippen LogP contribution in [0.3, 0.4) is 0 Å². The Balaban J connectivity index is 1.57. The minimum absolute atomic E-state index is 0.0580. The molecule has 1 fully saturated rings. The highest BCUT2D eigenvalue weighted by Crippen LogP contribution is 2.37. The van der Waals surface area contributed by atoms with Gasteiger partial charge < -0.3 is 4.90 Å². The van der Waals surface area contributed by atoms with Crippen molar-refractivity contribution >= 4 is 78.7 Å². The lowest BCUT2D eigenvalue weighted by Gasteiger charge is -2.21. The maximum absolute atomic E-state index is 14.3. The molecule has 5 nitrogen and oxygen atoms in total. The summed E-state index contributed by atoms with van der Waals surface area (Å²) in [5.41, 5.74) is 0.122. The van der Waals surface area contributed by atoms with Gasteiger partial charge in [0.25, 0.3) is 10.0 Å².